The van der Waals surface area contributed by atoms with Gasteiger partial charge in [-0.25, -0.2) is 4.39 Å². The molecule has 0 spiro atoms. The summed E-state index contributed by atoms with van der Waals surface area (Å²) in [6, 6.07) is 5.65. The van der Waals surface area contributed by atoms with Crippen LogP contribution in [0.2, 0.25) is 0 Å². The SMILES string of the molecule is CCCCC(C)NCc1ccc(Br)cc1F. The van der Waals surface area contributed by atoms with Gasteiger partial charge in [-0.1, -0.05) is 41.8 Å². The highest BCUT2D eigenvalue weighted by molar-refractivity contribution is 9.10. The molecule has 0 radical (unpaired) electrons. The van der Waals surface area contributed by atoms with Crippen molar-refractivity contribution in [2.24, 2.45) is 0 Å². The molecular weight excluding hydrogens is 269 g/mol. The Balaban J connectivity index is 2.42. The Bertz CT molecular complexity index is 328. The second-order valence-corrected chi connectivity index (χ2v) is 5.08. The minimum absolute atomic E-state index is 0.149. The molecule has 1 aromatic rings. The predicted molar refractivity (Wildman–Crippen MR) is 69.9 cm³/mol. The van der Waals surface area contributed by atoms with Crippen molar-refractivity contribution < 1.29 is 4.39 Å². The molecular formula is C13H19BrFN. The Morgan fingerprint density at radius 1 is 1.44 bits per heavy atom. The van der Waals surface area contributed by atoms with Crippen molar-refractivity contribution >= 4 is 15.9 Å². The maximum absolute atomic E-state index is 13.5. The van der Waals surface area contributed by atoms with Crippen LogP contribution in [-0.4, -0.2) is 6.04 Å². The van der Waals surface area contributed by atoms with E-state index in [0.29, 0.717) is 12.6 Å². The lowest BCUT2D eigenvalue weighted by atomic mass is 10.1. The normalized spacial score (nSPS) is 12.8. The number of rotatable bonds is 6. The molecule has 1 aromatic carbocycles. The van der Waals surface area contributed by atoms with Crippen molar-refractivity contribution in [2.75, 3.05) is 0 Å². The topological polar surface area (TPSA) is 12.0 Å². The molecule has 0 saturated carbocycles. The summed E-state index contributed by atoms with van der Waals surface area (Å²) in [5, 5.41) is 3.34. The third kappa shape index (κ3) is 4.62. The summed E-state index contributed by atoms with van der Waals surface area (Å²) in [6.45, 7) is 4.93. The average Bonchev–Trinajstić information content (AvgIpc) is 2.25. The summed E-state index contributed by atoms with van der Waals surface area (Å²) in [7, 11) is 0. The van der Waals surface area contributed by atoms with Gasteiger partial charge in [0, 0.05) is 22.6 Å². The van der Waals surface area contributed by atoms with E-state index in [4.69, 9.17) is 0 Å². The van der Waals surface area contributed by atoms with E-state index in [1.165, 1.54) is 18.9 Å². The molecule has 0 aliphatic carbocycles. The zero-order valence-electron chi connectivity index (χ0n) is 9.89. The van der Waals surface area contributed by atoms with Gasteiger partial charge in [0.1, 0.15) is 5.82 Å². The molecule has 1 atom stereocenters. The van der Waals surface area contributed by atoms with Crippen LogP contribution < -0.4 is 5.32 Å². The molecule has 3 heteroatoms. The standard InChI is InChI=1S/C13H19BrFN/c1-3-4-5-10(2)16-9-11-6-7-12(14)8-13(11)15/h6-8,10,16H,3-5,9H2,1-2H3. The highest BCUT2D eigenvalue weighted by Crippen LogP contribution is 2.15. The number of benzene rings is 1. The van der Waals surface area contributed by atoms with Crippen molar-refractivity contribution in [3.05, 3.63) is 34.1 Å². The van der Waals surface area contributed by atoms with Crippen molar-refractivity contribution in [3.63, 3.8) is 0 Å². The molecule has 0 aromatic heterocycles. The Hall–Kier alpha value is -0.410. The summed E-state index contributed by atoms with van der Waals surface area (Å²) in [5.74, 6) is -0.149. The first-order valence-electron chi connectivity index (χ1n) is 5.80. The lowest BCUT2D eigenvalue weighted by molar-refractivity contribution is 0.485. The van der Waals surface area contributed by atoms with Gasteiger partial charge in [0.05, 0.1) is 0 Å². The molecule has 0 bridgehead atoms. The molecule has 16 heavy (non-hydrogen) atoms. The Labute approximate surface area is 106 Å². The van der Waals surface area contributed by atoms with Gasteiger partial charge < -0.3 is 5.32 Å². The van der Waals surface area contributed by atoms with Crippen molar-refractivity contribution in [2.45, 2.75) is 45.7 Å². The molecule has 1 nitrogen and oxygen atoms in total. The monoisotopic (exact) mass is 287 g/mol. The molecule has 1 N–H and O–H groups in total. The molecule has 0 fully saturated rings. The Morgan fingerprint density at radius 3 is 2.81 bits per heavy atom. The number of unbranched alkanes of at least 4 members (excludes halogenated alkanes) is 1. The lowest BCUT2D eigenvalue weighted by Crippen LogP contribution is -2.25. The first-order valence-corrected chi connectivity index (χ1v) is 6.60. The van der Waals surface area contributed by atoms with Crippen LogP contribution in [0.25, 0.3) is 0 Å². The van der Waals surface area contributed by atoms with E-state index < -0.39 is 0 Å². The number of halogens is 2. The summed E-state index contributed by atoms with van der Waals surface area (Å²) >= 11 is 3.25. The highest BCUT2D eigenvalue weighted by atomic mass is 79.9. The van der Waals surface area contributed by atoms with Crippen LogP contribution in [0.4, 0.5) is 4.39 Å². The van der Waals surface area contributed by atoms with E-state index in [9.17, 15) is 4.39 Å². The Morgan fingerprint density at radius 2 is 2.19 bits per heavy atom. The van der Waals surface area contributed by atoms with Gasteiger partial charge in [-0.3, -0.25) is 0 Å². The molecule has 1 unspecified atom stereocenters. The van der Waals surface area contributed by atoms with E-state index >= 15 is 0 Å². The zero-order valence-corrected chi connectivity index (χ0v) is 11.5. The first kappa shape index (κ1) is 13.7. The maximum Gasteiger partial charge on any atom is 0.128 e. The highest BCUT2D eigenvalue weighted by Gasteiger charge is 2.05. The van der Waals surface area contributed by atoms with Gasteiger partial charge in [-0.05, 0) is 25.5 Å². The molecule has 1 rings (SSSR count). The van der Waals surface area contributed by atoms with Gasteiger partial charge in [0.2, 0.25) is 0 Å². The van der Waals surface area contributed by atoms with E-state index in [2.05, 4.69) is 35.1 Å². The van der Waals surface area contributed by atoms with Crippen LogP contribution in [0.5, 0.6) is 0 Å². The predicted octanol–water partition coefficient (Wildman–Crippen LogP) is 4.26. The largest absolute Gasteiger partial charge is 0.310 e. The lowest BCUT2D eigenvalue weighted by Gasteiger charge is -2.13. The number of hydrogen-bond acceptors (Lipinski definition) is 1. The van der Waals surface area contributed by atoms with Crippen molar-refractivity contribution in [1.29, 1.82) is 0 Å². The van der Waals surface area contributed by atoms with Crippen LogP contribution in [0.15, 0.2) is 22.7 Å². The summed E-state index contributed by atoms with van der Waals surface area (Å²) in [6.07, 6.45) is 3.57. The molecule has 0 saturated heterocycles. The van der Waals surface area contributed by atoms with Gasteiger partial charge in [-0.15, -0.1) is 0 Å². The summed E-state index contributed by atoms with van der Waals surface area (Å²) < 4.78 is 14.3. The fourth-order valence-electron chi connectivity index (χ4n) is 1.56. The maximum atomic E-state index is 13.5. The second kappa shape index (κ2) is 7.02. The van der Waals surface area contributed by atoms with Crippen LogP contribution >= 0.6 is 15.9 Å². The molecule has 0 heterocycles. The molecule has 0 aliphatic rings. The van der Waals surface area contributed by atoms with Gasteiger partial charge in [-0.2, -0.15) is 0 Å². The van der Waals surface area contributed by atoms with Crippen LogP contribution in [0.1, 0.15) is 38.7 Å². The van der Waals surface area contributed by atoms with Crippen LogP contribution in [0, 0.1) is 5.82 Å². The second-order valence-electron chi connectivity index (χ2n) is 4.16. The van der Waals surface area contributed by atoms with E-state index in [1.807, 2.05) is 12.1 Å². The van der Waals surface area contributed by atoms with Gasteiger partial charge in [0.15, 0.2) is 0 Å². The first-order chi connectivity index (χ1) is 7.63. The zero-order chi connectivity index (χ0) is 12.0. The fraction of sp³-hybridized carbons (Fsp3) is 0.538. The molecule has 0 aliphatic heterocycles. The van der Waals surface area contributed by atoms with Crippen molar-refractivity contribution in [3.8, 4) is 0 Å². The molecule has 90 valence electrons. The minimum atomic E-state index is -0.149. The van der Waals surface area contributed by atoms with E-state index in [0.717, 1.165) is 16.5 Å². The summed E-state index contributed by atoms with van der Waals surface area (Å²) in [4.78, 5) is 0. The van der Waals surface area contributed by atoms with E-state index in [1.54, 1.807) is 0 Å². The summed E-state index contributed by atoms with van der Waals surface area (Å²) in [5.41, 5.74) is 0.728. The van der Waals surface area contributed by atoms with Gasteiger partial charge in [0.25, 0.3) is 0 Å². The third-order valence-electron chi connectivity index (χ3n) is 2.65. The minimum Gasteiger partial charge on any atom is -0.310 e. The van der Waals surface area contributed by atoms with Crippen molar-refractivity contribution in [1.82, 2.24) is 5.32 Å². The van der Waals surface area contributed by atoms with Gasteiger partial charge >= 0.3 is 0 Å². The van der Waals surface area contributed by atoms with Crippen LogP contribution in [0.3, 0.4) is 0 Å². The Kier molecular flexibility index (Phi) is 5.99. The van der Waals surface area contributed by atoms with Crippen LogP contribution in [-0.2, 0) is 6.54 Å². The smallest absolute Gasteiger partial charge is 0.128 e. The third-order valence-corrected chi connectivity index (χ3v) is 3.14. The fourth-order valence-corrected chi connectivity index (χ4v) is 1.89. The average molecular weight is 288 g/mol. The number of hydrogen-bond donors (Lipinski definition) is 1. The number of nitrogens with one attached hydrogen (secondary N) is 1. The quantitative estimate of drug-likeness (QED) is 0.825. The molecule has 0 amide bonds. The van der Waals surface area contributed by atoms with E-state index in [-0.39, 0.29) is 5.82 Å².